The Morgan fingerprint density at radius 3 is 3.36 bits per heavy atom. The van der Waals surface area contributed by atoms with Crippen molar-refractivity contribution in [3.63, 3.8) is 0 Å². The lowest BCUT2D eigenvalue weighted by atomic mass is 10.1. The summed E-state index contributed by atoms with van der Waals surface area (Å²) in [6.07, 6.45) is 5.07. The van der Waals surface area contributed by atoms with E-state index in [0.29, 0.717) is 12.1 Å². The molecule has 1 aromatic rings. The smallest absolute Gasteiger partial charge is 0.138 e. The van der Waals surface area contributed by atoms with Crippen molar-refractivity contribution in [2.24, 2.45) is 0 Å². The molecular weight excluding hydrogens is 176 g/mol. The molecule has 0 radical (unpaired) electrons. The fourth-order valence-electron chi connectivity index (χ4n) is 1.89. The lowest BCUT2D eigenvalue weighted by Crippen LogP contribution is -2.42. The minimum atomic E-state index is 0.569. The highest BCUT2D eigenvalue weighted by molar-refractivity contribution is 4.92. The van der Waals surface area contributed by atoms with Gasteiger partial charge in [-0.3, -0.25) is 0 Å². The molecule has 78 valence electrons. The third-order valence-corrected chi connectivity index (χ3v) is 2.94. The maximum absolute atomic E-state index is 4.21. The second-order valence-electron chi connectivity index (χ2n) is 4.07. The fourth-order valence-corrected chi connectivity index (χ4v) is 1.89. The van der Waals surface area contributed by atoms with E-state index in [1.807, 2.05) is 4.68 Å². The highest BCUT2D eigenvalue weighted by atomic mass is 15.3. The Balaban J connectivity index is 1.94. The zero-order valence-electron chi connectivity index (χ0n) is 8.90. The molecule has 1 N–H and O–H groups in total. The zero-order chi connectivity index (χ0) is 9.97. The molecule has 2 unspecified atom stereocenters. The molecule has 2 heterocycles. The van der Waals surface area contributed by atoms with Gasteiger partial charge >= 0.3 is 0 Å². The SMILES string of the molecule is CCC(C)NC1CCc2ncnn2C1. The molecule has 4 nitrogen and oxygen atoms in total. The molecule has 2 rings (SSSR count). The normalized spacial score (nSPS) is 23.1. The topological polar surface area (TPSA) is 42.7 Å². The van der Waals surface area contributed by atoms with Gasteiger partial charge in [0.15, 0.2) is 0 Å². The van der Waals surface area contributed by atoms with Gasteiger partial charge in [-0.15, -0.1) is 0 Å². The number of aryl methyl sites for hydroxylation is 1. The highest BCUT2D eigenvalue weighted by Gasteiger charge is 2.20. The number of fused-ring (bicyclic) bond motifs is 1. The van der Waals surface area contributed by atoms with Gasteiger partial charge in [-0.25, -0.2) is 9.67 Å². The van der Waals surface area contributed by atoms with Crippen LogP contribution < -0.4 is 5.32 Å². The van der Waals surface area contributed by atoms with Gasteiger partial charge < -0.3 is 5.32 Å². The van der Waals surface area contributed by atoms with Gasteiger partial charge in [0.1, 0.15) is 12.2 Å². The Bertz CT molecular complexity index is 294. The van der Waals surface area contributed by atoms with E-state index >= 15 is 0 Å². The van der Waals surface area contributed by atoms with Crippen molar-refractivity contribution in [3.05, 3.63) is 12.2 Å². The molecule has 0 aromatic carbocycles. The monoisotopic (exact) mass is 194 g/mol. The summed E-state index contributed by atoms with van der Waals surface area (Å²) in [7, 11) is 0. The summed E-state index contributed by atoms with van der Waals surface area (Å²) >= 11 is 0. The van der Waals surface area contributed by atoms with E-state index in [2.05, 4.69) is 29.2 Å². The Kier molecular flexibility index (Phi) is 2.82. The molecule has 0 amide bonds. The quantitative estimate of drug-likeness (QED) is 0.780. The summed E-state index contributed by atoms with van der Waals surface area (Å²) in [6.45, 7) is 5.41. The number of hydrogen-bond donors (Lipinski definition) is 1. The Hall–Kier alpha value is -0.900. The first-order valence-corrected chi connectivity index (χ1v) is 5.42. The third-order valence-electron chi connectivity index (χ3n) is 2.94. The molecule has 0 saturated heterocycles. The second kappa shape index (κ2) is 4.09. The first-order chi connectivity index (χ1) is 6.79. The van der Waals surface area contributed by atoms with Crippen LogP contribution in [0.2, 0.25) is 0 Å². The first kappa shape index (κ1) is 9.65. The van der Waals surface area contributed by atoms with Gasteiger partial charge in [0.25, 0.3) is 0 Å². The van der Waals surface area contributed by atoms with Crippen LogP contribution in [0, 0.1) is 0 Å². The number of nitrogens with one attached hydrogen (secondary N) is 1. The first-order valence-electron chi connectivity index (χ1n) is 5.42. The van der Waals surface area contributed by atoms with Crippen LogP contribution in [0.3, 0.4) is 0 Å². The van der Waals surface area contributed by atoms with Crippen molar-refractivity contribution in [3.8, 4) is 0 Å². The van der Waals surface area contributed by atoms with Crippen LogP contribution in [0.5, 0.6) is 0 Å². The van der Waals surface area contributed by atoms with Crippen LogP contribution in [0.1, 0.15) is 32.5 Å². The van der Waals surface area contributed by atoms with Gasteiger partial charge in [0, 0.05) is 18.5 Å². The Morgan fingerprint density at radius 1 is 1.71 bits per heavy atom. The average molecular weight is 194 g/mol. The van der Waals surface area contributed by atoms with Gasteiger partial charge in [-0.05, 0) is 19.8 Å². The predicted octanol–water partition coefficient (Wildman–Crippen LogP) is 0.981. The van der Waals surface area contributed by atoms with Crippen LogP contribution in [-0.4, -0.2) is 26.8 Å². The molecule has 14 heavy (non-hydrogen) atoms. The van der Waals surface area contributed by atoms with E-state index in [4.69, 9.17) is 0 Å². The summed E-state index contributed by atoms with van der Waals surface area (Å²) < 4.78 is 2.02. The average Bonchev–Trinajstić information content (AvgIpc) is 2.64. The summed E-state index contributed by atoms with van der Waals surface area (Å²) in [5, 5.41) is 7.82. The van der Waals surface area contributed by atoms with Crippen molar-refractivity contribution < 1.29 is 0 Å². The lowest BCUT2D eigenvalue weighted by Gasteiger charge is -2.26. The van der Waals surface area contributed by atoms with E-state index in [1.54, 1.807) is 6.33 Å². The predicted molar refractivity (Wildman–Crippen MR) is 55.0 cm³/mol. The van der Waals surface area contributed by atoms with Gasteiger partial charge in [-0.2, -0.15) is 5.10 Å². The second-order valence-corrected chi connectivity index (χ2v) is 4.07. The molecule has 0 saturated carbocycles. The molecule has 0 aliphatic carbocycles. The maximum atomic E-state index is 4.21. The molecule has 1 aliphatic heterocycles. The van der Waals surface area contributed by atoms with E-state index < -0.39 is 0 Å². The summed E-state index contributed by atoms with van der Waals surface area (Å²) in [5.74, 6) is 1.13. The van der Waals surface area contributed by atoms with E-state index in [1.165, 1.54) is 12.8 Å². The van der Waals surface area contributed by atoms with E-state index in [0.717, 1.165) is 18.8 Å². The van der Waals surface area contributed by atoms with Crippen LogP contribution in [-0.2, 0) is 13.0 Å². The summed E-state index contributed by atoms with van der Waals surface area (Å²) in [6, 6.07) is 1.17. The molecule has 1 aliphatic rings. The minimum absolute atomic E-state index is 0.569. The summed E-state index contributed by atoms with van der Waals surface area (Å²) in [4.78, 5) is 4.21. The third kappa shape index (κ3) is 1.95. The van der Waals surface area contributed by atoms with Gasteiger partial charge in [0.05, 0.1) is 6.54 Å². The molecule has 4 heteroatoms. The van der Waals surface area contributed by atoms with Crippen molar-refractivity contribution in [2.45, 2.75) is 51.7 Å². The van der Waals surface area contributed by atoms with Crippen LogP contribution in [0.25, 0.3) is 0 Å². The number of aromatic nitrogens is 3. The molecule has 1 aromatic heterocycles. The van der Waals surface area contributed by atoms with Crippen molar-refractivity contribution in [1.29, 1.82) is 0 Å². The number of nitrogens with zero attached hydrogens (tertiary/aromatic N) is 3. The highest BCUT2D eigenvalue weighted by Crippen LogP contribution is 2.12. The zero-order valence-corrected chi connectivity index (χ0v) is 8.90. The molecule has 2 atom stereocenters. The van der Waals surface area contributed by atoms with Crippen molar-refractivity contribution in [1.82, 2.24) is 20.1 Å². The molecular formula is C10H18N4. The van der Waals surface area contributed by atoms with Gasteiger partial charge in [-0.1, -0.05) is 6.92 Å². The Morgan fingerprint density at radius 2 is 2.57 bits per heavy atom. The molecule has 0 spiro atoms. The van der Waals surface area contributed by atoms with E-state index in [9.17, 15) is 0 Å². The number of rotatable bonds is 3. The van der Waals surface area contributed by atoms with E-state index in [-0.39, 0.29) is 0 Å². The maximum Gasteiger partial charge on any atom is 0.138 e. The molecule has 0 bridgehead atoms. The number of hydrogen-bond acceptors (Lipinski definition) is 3. The van der Waals surface area contributed by atoms with Crippen molar-refractivity contribution in [2.75, 3.05) is 0 Å². The lowest BCUT2D eigenvalue weighted by molar-refractivity contribution is 0.329. The van der Waals surface area contributed by atoms with Crippen molar-refractivity contribution >= 4 is 0 Å². The van der Waals surface area contributed by atoms with Crippen LogP contribution >= 0.6 is 0 Å². The Labute approximate surface area is 84.7 Å². The fraction of sp³-hybridized carbons (Fsp3) is 0.800. The molecule has 0 fully saturated rings. The largest absolute Gasteiger partial charge is 0.310 e. The van der Waals surface area contributed by atoms with Crippen LogP contribution in [0.4, 0.5) is 0 Å². The standard InChI is InChI=1S/C10H18N4/c1-3-8(2)13-9-4-5-10-11-7-12-14(10)6-9/h7-9,13H,3-6H2,1-2H3. The van der Waals surface area contributed by atoms with Crippen LogP contribution in [0.15, 0.2) is 6.33 Å². The minimum Gasteiger partial charge on any atom is -0.310 e. The van der Waals surface area contributed by atoms with Gasteiger partial charge in [0.2, 0.25) is 0 Å². The summed E-state index contributed by atoms with van der Waals surface area (Å²) in [5.41, 5.74) is 0.